The fraction of sp³-hybridized carbons (Fsp3) is 0.500. The third kappa shape index (κ3) is 3.90. The highest BCUT2D eigenvalue weighted by atomic mass is 14.8. The summed E-state index contributed by atoms with van der Waals surface area (Å²) < 4.78 is 0. The van der Waals surface area contributed by atoms with Crippen molar-refractivity contribution in [2.45, 2.75) is 26.3 Å². The predicted molar refractivity (Wildman–Crippen MR) is 61.2 cm³/mol. The summed E-state index contributed by atoms with van der Waals surface area (Å²) in [6, 6.07) is 8.49. The summed E-state index contributed by atoms with van der Waals surface area (Å²) in [6.45, 7) is 4.98. The molecule has 2 nitrogen and oxygen atoms in total. The molecule has 78 valence electrons. The van der Waals surface area contributed by atoms with E-state index >= 15 is 0 Å². The summed E-state index contributed by atoms with van der Waals surface area (Å²) in [5.74, 6) is 0. The normalized spacial score (nSPS) is 10.4. The van der Waals surface area contributed by atoms with Gasteiger partial charge in [0.1, 0.15) is 0 Å². The van der Waals surface area contributed by atoms with E-state index in [1.807, 2.05) is 0 Å². The molecule has 0 saturated heterocycles. The van der Waals surface area contributed by atoms with Crippen LogP contribution in [0.4, 0.5) is 0 Å². The van der Waals surface area contributed by atoms with Gasteiger partial charge in [-0.3, -0.25) is 0 Å². The molecule has 1 rings (SSSR count). The van der Waals surface area contributed by atoms with Crippen LogP contribution in [0.15, 0.2) is 24.3 Å². The van der Waals surface area contributed by atoms with E-state index < -0.39 is 0 Å². The largest absolute Gasteiger partial charge is 0.330 e. The summed E-state index contributed by atoms with van der Waals surface area (Å²) in [6.07, 6.45) is 2.28. The first-order valence-corrected chi connectivity index (χ1v) is 5.30. The van der Waals surface area contributed by atoms with Crippen molar-refractivity contribution < 1.29 is 0 Å². The van der Waals surface area contributed by atoms with Gasteiger partial charge in [-0.05, 0) is 44.0 Å². The van der Waals surface area contributed by atoms with Gasteiger partial charge in [0.15, 0.2) is 0 Å². The minimum absolute atomic E-state index is 0.798. The minimum Gasteiger partial charge on any atom is -0.330 e. The fourth-order valence-electron chi connectivity index (χ4n) is 1.43. The van der Waals surface area contributed by atoms with Crippen LogP contribution >= 0.6 is 0 Å². The number of nitrogens with one attached hydrogen (secondary N) is 1. The minimum atomic E-state index is 0.798. The highest BCUT2D eigenvalue weighted by Crippen LogP contribution is 2.05. The van der Waals surface area contributed by atoms with E-state index in [0.717, 1.165) is 26.1 Å². The van der Waals surface area contributed by atoms with Crippen molar-refractivity contribution in [2.75, 3.05) is 13.1 Å². The van der Waals surface area contributed by atoms with Crippen molar-refractivity contribution in [3.63, 3.8) is 0 Å². The molecule has 1 aromatic rings. The van der Waals surface area contributed by atoms with Crippen LogP contribution in [0.2, 0.25) is 0 Å². The van der Waals surface area contributed by atoms with Gasteiger partial charge >= 0.3 is 0 Å². The van der Waals surface area contributed by atoms with Crippen LogP contribution in [0.3, 0.4) is 0 Å². The maximum atomic E-state index is 5.42. The zero-order valence-corrected chi connectivity index (χ0v) is 8.92. The highest BCUT2D eigenvalue weighted by Gasteiger charge is 1.95. The second-order valence-electron chi connectivity index (χ2n) is 3.60. The van der Waals surface area contributed by atoms with Crippen LogP contribution < -0.4 is 11.1 Å². The molecule has 0 heterocycles. The maximum Gasteiger partial charge on any atom is 0.0208 e. The number of unbranched alkanes of at least 4 members (excludes halogenated alkanes) is 1. The third-order valence-corrected chi connectivity index (χ3v) is 2.38. The summed E-state index contributed by atoms with van der Waals surface area (Å²) in [7, 11) is 0. The first-order valence-electron chi connectivity index (χ1n) is 5.30. The zero-order valence-electron chi connectivity index (χ0n) is 8.92. The van der Waals surface area contributed by atoms with Gasteiger partial charge in [0.25, 0.3) is 0 Å². The van der Waals surface area contributed by atoms with Crippen molar-refractivity contribution >= 4 is 0 Å². The number of hydrogen-bond acceptors (Lipinski definition) is 2. The second-order valence-corrected chi connectivity index (χ2v) is 3.60. The van der Waals surface area contributed by atoms with E-state index in [2.05, 4.69) is 36.5 Å². The molecule has 0 aliphatic carbocycles. The lowest BCUT2D eigenvalue weighted by atomic mass is 10.1. The van der Waals surface area contributed by atoms with Crippen LogP contribution in [0.1, 0.15) is 24.0 Å². The molecule has 0 unspecified atom stereocenters. The van der Waals surface area contributed by atoms with Crippen LogP contribution in [-0.2, 0) is 6.54 Å². The van der Waals surface area contributed by atoms with Gasteiger partial charge in [0, 0.05) is 6.54 Å². The molecule has 0 amide bonds. The molecule has 0 saturated carbocycles. The Morgan fingerprint density at radius 3 is 2.71 bits per heavy atom. The van der Waals surface area contributed by atoms with E-state index in [4.69, 9.17) is 5.73 Å². The number of rotatable bonds is 6. The molecule has 0 spiro atoms. The standard InChI is InChI=1S/C12H20N2/c1-11-6-2-3-7-12(11)10-14-9-5-4-8-13/h2-3,6-7,14H,4-5,8-10,13H2,1H3. The molecule has 0 aliphatic rings. The van der Waals surface area contributed by atoms with E-state index in [0.29, 0.717) is 0 Å². The number of aryl methyl sites for hydroxylation is 1. The molecule has 0 atom stereocenters. The van der Waals surface area contributed by atoms with Crippen molar-refractivity contribution in [1.29, 1.82) is 0 Å². The zero-order chi connectivity index (χ0) is 10.2. The number of benzene rings is 1. The maximum absolute atomic E-state index is 5.42. The molecule has 2 heteroatoms. The molecule has 0 radical (unpaired) electrons. The van der Waals surface area contributed by atoms with Gasteiger partial charge in [0.05, 0.1) is 0 Å². The molecule has 3 N–H and O–H groups in total. The summed E-state index contributed by atoms with van der Waals surface area (Å²) >= 11 is 0. The molecular weight excluding hydrogens is 172 g/mol. The first-order chi connectivity index (χ1) is 6.84. The molecule has 0 aliphatic heterocycles. The monoisotopic (exact) mass is 192 g/mol. The van der Waals surface area contributed by atoms with Gasteiger partial charge in [0.2, 0.25) is 0 Å². The highest BCUT2D eigenvalue weighted by molar-refractivity contribution is 5.25. The van der Waals surface area contributed by atoms with E-state index in [1.165, 1.54) is 17.5 Å². The van der Waals surface area contributed by atoms with Gasteiger partial charge in [-0.25, -0.2) is 0 Å². The molecule has 0 fully saturated rings. The quantitative estimate of drug-likeness (QED) is 0.675. The Morgan fingerprint density at radius 2 is 2.00 bits per heavy atom. The molecule has 14 heavy (non-hydrogen) atoms. The Kier molecular flexibility index (Phi) is 5.27. The lowest BCUT2D eigenvalue weighted by molar-refractivity contribution is 0.626. The Labute approximate surface area is 86.5 Å². The van der Waals surface area contributed by atoms with E-state index in [1.54, 1.807) is 0 Å². The van der Waals surface area contributed by atoms with Gasteiger partial charge < -0.3 is 11.1 Å². The third-order valence-electron chi connectivity index (χ3n) is 2.38. The van der Waals surface area contributed by atoms with Crippen molar-refractivity contribution in [2.24, 2.45) is 5.73 Å². The molecule has 0 bridgehead atoms. The average Bonchev–Trinajstić information content (AvgIpc) is 2.20. The van der Waals surface area contributed by atoms with Crippen LogP contribution in [0.5, 0.6) is 0 Å². The van der Waals surface area contributed by atoms with Crippen molar-refractivity contribution in [1.82, 2.24) is 5.32 Å². The Balaban J connectivity index is 2.21. The lowest BCUT2D eigenvalue weighted by Crippen LogP contribution is -2.16. The van der Waals surface area contributed by atoms with Crippen molar-refractivity contribution in [3.05, 3.63) is 35.4 Å². The lowest BCUT2D eigenvalue weighted by Gasteiger charge is -2.06. The SMILES string of the molecule is Cc1ccccc1CNCCCCN. The Morgan fingerprint density at radius 1 is 1.21 bits per heavy atom. The predicted octanol–water partition coefficient (Wildman–Crippen LogP) is 1.82. The van der Waals surface area contributed by atoms with Crippen LogP contribution in [-0.4, -0.2) is 13.1 Å². The van der Waals surface area contributed by atoms with Crippen LogP contribution in [0, 0.1) is 6.92 Å². The van der Waals surface area contributed by atoms with E-state index in [-0.39, 0.29) is 0 Å². The summed E-state index contributed by atoms with van der Waals surface area (Å²) in [5, 5.41) is 3.42. The Hall–Kier alpha value is -0.860. The number of hydrogen-bond donors (Lipinski definition) is 2. The van der Waals surface area contributed by atoms with Gasteiger partial charge in [-0.2, -0.15) is 0 Å². The Bertz CT molecular complexity index is 258. The van der Waals surface area contributed by atoms with E-state index in [9.17, 15) is 0 Å². The number of nitrogens with two attached hydrogens (primary N) is 1. The van der Waals surface area contributed by atoms with Crippen LogP contribution in [0.25, 0.3) is 0 Å². The first kappa shape index (κ1) is 11.2. The second kappa shape index (κ2) is 6.57. The summed E-state index contributed by atoms with van der Waals surface area (Å²) in [4.78, 5) is 0. The average molecular weight is 192 g/mol. The molecule has 1 aromatic carbocycles. The summed E-state index contributed by atoms with van der Waals surface area (Å²) in [5.41, 5.74) is 8.17. The molecule has 0 aromatic heterocycles. The van der Waals surface area contributed by atoms with Gasteiger partial charge in [-0.1, -0.05) is 24.3 Å². The molecular formula is C12H20N2. The fourth-order valence-corrected chi connectivity index (χ4v) is 1.43. The van der Waals surface area contributed by atoms with Gasteiger partial charge in [-0.15, -0.1) is 0 Å². The topological polar surface area (TPSA) is 38.0 Å². The smallest absolute Gasteiger partial charge is 0.0208 e. The van der Waals surface area contributed by atoms with Crippen molar-refractivity contribution in [3.8, 4) is 0 Å².